The SMILES string of the molecule is CSc1ccc(/C=C/C(=O)c2ccc(S(=O)(=O)NC(C)C(=O)O)cc2)cc1. The summed E-state index contributed by atoms with van der Waals surface area (Å²) in [4.78, 5) is 24.0. The van der Waals surface area contributed by atoms with E-state index in [1.807, 2.05) is 35.2 Å². The fourth-order valence-electron chi connectivity index (χ4n) is 2.13. The molecule has 0 heterocycles. The van der Waals surface area contributed by atoms with Gasteiger partial charge in [0.15, 0.2) is 5.78 Å². The van der Waals surface area contributed by atoms with Crippen molar-refractivity contribution in [2.75, 3.05) is 6.26 Å². The molecule has 2 aromatic rings. The van der Waals surface area contributed by atoms with E-state index in [2.05, 4.69) is 0 Å². The summed E-state index contributed by atoms with van der Waals surface area (Å²) >= 11 is 1.63. The first-order valence-corrected chi connectivity index (χ1v) is 10.7. The lowest BCUT2D eigenvalue weighted by molar-refractivity contribution is -0.138. The fraction of sp³-hybridized carbons (Fsp3) is 0.158. The average Bonchev–Trinajstić information content (AvgIpc) is 2.66. The van der Waals surface area contributed by atoms with Crippen LogP contribution in [0.2, 0.25) is 0 Å². The third-order valence-corrected chi connectivity index (χ3v) is 5.99. The van der Waals surface area contributed by atoms with Gasteiger partial charge in [0.05, 0.1) is 4.90 Å². The van der Waals surface area contributed by atoms with E-state index in [1.165, 1.54) is 37.3 Å². The molecule has 0 saturated carbocycles. The number of carboxylic acids is 1. The van der Waals surface area contributed by atoms with Crippen molar-refractivity contribution in [2.24, 2.45) is 0 Å². The van der Waals surface area contributed by atoms with Crippen LogP contribution in [0.5, 0.6) is 0 Å². The molecule has 0 aliphatic carbocycles. The number of thioether (sulfide) groups is 1. The largest absolute Gasteiger partial charge is 0.480 e. The molecule has 142 valence electrons. The van der Waals surface area contributed by atoms with Gasteiger partial charge in [-0.3, -0.25) is 9.59 Å². The van der Waals surface area contributed by atoms with Gasteiger partial charge in [0, 0.05) is 10.5 Å². The van der Waals surface area contributed by atoms with Gasteiger partial charge < -0.3 is 5.11 Å². The van der Waals surface area contributed by atoms with Crippen molar-refractivity contribution >= 4 is 39.6 Å². The number of nitrogens with one attached hydrogen (secondary N) is 1. The van der Waals surface area contributed by atoms with Gasteiger partial charge in [-0.15, -0.1) is 11.8 Å². The van der Waals surface area contributed by atoms with Gasteiger partial charge in [0.2, 0.25) is 10.0 Å². The van der Waals surface area contributed by atoms with Crippen LogP contribution in [0.4, 0.5) is 0 Å². The number of rotatable bonds is 8. The van der Waals surface area contributed by atoms with Crippen LogP contribution in [0.25, 0.3) is 6.08 Å². The van der Waals surface area contributed by atoms with Gasteiger partial charge in [0.1, 0.15) is 6.04 Å². The molecule has 0 aliphatic heterocycles. The van der Waals surface area contributed by atoms with Gasteiger partial charge in [-0.25, -0.2) is 8.42 Å². The zero-order chi connectivity index (χ0) is 20.0. The predicted molar refractivity (Wildman–Crippen MR) is 105 cm³/mol. The van der Waals surface area contributed by atoms with Crippen LogP contribution in [0, 0.1) is 0 Å². The Bertz CT molecular complexity index is 949. The number of carbonyl (C=O) groups excluding carboxylic acids is 1. The lowest BCUT2D eigenvalue weighted by atomic mass is 10.1. The average molecular weight is 405 g/mol. The van der Waals surface area contributed by atoms with Gasteiger partial charge in [0.25, 0.3) is 0 Å². The number of hydrogen-bond donors (Lipinski definition) is 2. The second-order valence-corrected chi connectivity index (χ2v) is 8.27. The highest BCUT2D eigenvalue weighted by atomic mass is 32.2. The Kier molecular flexibility index (Phi) is 6.95. The number of benzene rings is 2. The summed E-state index contributed by atoms with van der Waals surface area (Å²) < 4.78 is 26.3. The van der Waals surface area contributed by atoms with E-state index in [4.69, 9.17) is 5.11 Å². The smallest absolute Gasteiger partial charge is 0.321 e. The Hall–Kier alpha value is -2.42. The number of hydrogen-bond acceptors (Lipinski definition) is 5. The van der Waals surface area contributed by atoms with E-state index >= 15 is 0 Å². The van der Waals surface area contributed by atoms with Crippen molar-refractivity contribution in [1.29, 1.82) is 0 Å². The van der Waals surface area contributed by atoms with Crippen LogP contribution in [0.3, 0.4) is 0 Å². The van der Waals surface area contributed by atoms with Crippen molar-refractivity contribution < 1.29 is 23.1 Å². The summed E-state index contributed by atoms with van der Waals surface area (Å²) in [6.07, 6.45) is 5.09. The summed E-state index contributed by atoms with van der Waals surface area (Å²) in [5.41, 5.74) is 1.21. The maximum atomic E-state index is 12.2. The van der Waals surface area contributed by atoms with Crippen molar-refractivity contribution in [2.45, 2.75) is 22.8 Å². The minimum Gasteiger partial charge on any atom is -0.480 e. The zero-order valence-corrected chi connectivity index (χ0v) is 16.4. The Morgan fingerprint density at radius 1 is 1.07 bits per heavy atom. The second kappa shape index (κ2) is 8.98. The lowest BCUT2D eigenvalue weighted by Crippen LogP contribution is -2.38. The molecule has 8 heteroatoms. The monoisotopic (exact) mass is 405 g/mol. The number of carboxylic acid groups (broad SMARTS) is 1. The first-order chi connectivity index (χ1) is 12.7. The fourth-order valence-corrected chi connectivity index (χ4v) is 3.74. The van der Waals surface area contributed by atoms with E-state index in [0.29, 0.717) is 5.56 Å². The third kappa shape index (κ3) is 5.78. The van der Waals surface area contributed by atoms with Crippen LogP contribution in [-0.4, -0.2) is 37.6 Å². The maximum Gasteiger partial charge on any atom is 0.321 e. The van der Waals surface area contributed by atoms with E-state index < -0.39 is 22.0 Å². The molecule has 6 nitrogen and oxygen atoms in total. The molecule has 0 aromatic heterocycles. The minimum absolute atomic E-state index is 0.108. The van der Waals surface area contributed by atoms with Gasteiger partial charge in [-0.1, -0.05) is 18.2 Å². The standard InChI is InChI=1S/C19H19NO5S2/c1-13(19(22)23)20-27(24,25)17-10-6-15(7-11-17)18(21)12-5-14-3-8-16(26-2)9-4-14/h3-13,20H,1-2H3,(H,22,23)/b12-5+. The Labute approximate surface area is 162 Å². The molecule has 0 bridgehead atoms. The Balaban J connectivity index is 2.10. The molecule has 2 N–H and O–H groups in total. The molecule has 0 aliphatic rings. The lowest BCUT2D eigenvalue weighted by Gasteiger charge is -2.10. The topological polar surface area (TPSA) is 101 Å². The summed E-state index contributed by atoms with van der Waals surface area (Å²) in [6.45, 7) is 1.23. The van der Waals surface area contributed by atoms with Gasteiger partial charge in [-0.05, 0) is 61.2 Å². The highest BCUT2D eigenvalue weighted by molar-refractivity contribution is 7.98. The minimum atomic E-state index is -3.97. The molecular weight excluding hydrogens is 386 g/mol. The molecular formula is C19H19NO5S2. The molecule has 0 radical (unpaired) electrons. The molecule has 1 unspecified atom stereocenters. The second-order valence-electron chi connectivity index (χ2n) is 5.68. The van der Waals surface area contributed by atoms with E-state index in [9.17, 15) is 18.0 Å². The molecule has 0 amide bonds. The van der Waals surface area contributed by atoms with E-state index in [1.54, 1.807) is 17.8 Å². The normalized spacial score (nSPS) is 12.8. The summed E-state index contributed by atoms with van der Waals surface area (Å²) in [5.74, 6) is -1.54. The molecule has 0 spiro atoms. The summed E-state index contributed by atoms with van der Waals surface area (Å²) in [6, 6.07) is 11.8. The van der Waals surface area contributed by atoms with Crippen molar-refractivity contribution in [1.82, 2.24) is 4.72 Å². The summed E-state index contributed by atoms with van der Waals surface area (Å²) in [5, 5.41) is 8.81. The first-order valence-electron chi connectivity index (χ1n) is 7.94. The number of allylic oxidation sites excluding steroid dienone is 1. The zero-order valence-electron chi connectivity index (χ0n) is 14.7. The quantitative estimate of drug-likeness (QED) is 0.398. The van der Waals surface area contributed by atoms with Crippen LogP contribution in [-0.2, 0) is 14.8 Å². The van der Waals surface area contributed by atoms with Crippen LogP contribution in [0.15, 0.2) is 64.4 Å². The van der Waals surface area contributed by atoms with Crippen molar-refractivity contribution in [3.05, 3.63) is 65.7 Å². The first kappa shape index (κ1) is 20.9. The number of ketones is 1. The van der Waals surface area contributed by atoms with Crippen LogP contribution < -0.4 is 4.72 Å². The highest BCUT2D eigenvalue weighted by Gasteiger charge is 2.21. The Morgan fingerprint density at radius 2 is 1.67 bits per heavy atom. The number of carbonyl (C=O) groups is 2. The molecule has 0 fully saturated rings. The van der Waals surface area contributed by atoms with Gasteiger partial charge >= 0.3 is 5.97 Å². The maximum absolute atomic E-state index is 12.2. The van der Waals surface area contributed by atoms with Crippen molar-refractivity contribution in [3.63, 3.8) is 0 Å². The molecule has 2 aromatic carbocycles. The third-order valence-electron chi connectivity index (χ3n) is 3.69. The van der Waals surface area contributed by atoms with E-state index in [0.717, 1.165) is 10.5 Å². The molecule has 2 rings (SSSR count). The molecule has 1 atom stereocenters. The Morgan fingerprint density at radius 3 is 2.19 bits per heavy atom. The van der Waals surface area contributed by atoms with Crippen LogP contribution in [0.1, 0.15) is 22.8 Å². The predicted octanol–water partition coefficient (Wildman–Crippen LogP) is 3.06. The summed E-state index contributed by atoms with van der Waals surface area (Å²) in [7, 11) is -3.97. The number of sulfonamides is 1. The number of aliphatic carboxylic acids is 1. The highest BCUT2D eigenvalue weighted by Crippen LogP contribution is 2.16. The van der Waals surface area contributed by atoms with Crippen LogP contribution >= 0.6 is 11.8 Å². The molecule has 27 heavy (non-hydrogen) atoms. The van der Waals surface area contributed by atoms with Crippen molar-refractivity contribution in [3.8, 4) is 0 Å². The van der Waals surface area contributed by atoms with E-state index in [-0.39, 0.29) is 10.7 Å². The molecule has 0 saturated heterocycles. The van der Waals surface area contributed by atoms with Gasteiger partial charge in [-0.2, -0.15) is 4.72 Å².